The van der Waals surface area contributed by atoms with E-state index in [0.717, 1.165) is 6.26 Å². The summed E-state index contributed by atoms with van der Waals surface area (Å²) in [6.45, 7) is 0.109. The lowest BCUT2D eigenvalue weighted by Gasteiger charge is -2.27. The normalized spacial score (nSPS) is 14.6. The molecule has 31 heavy (non-hydrogen) atoms. The minimum absolute atomic E-state index is 0.0256. The van der Waals surface area contributed by atoms with Crippen LogP contribution < -0.4 is 5.32 Å². The zero-order chi connectivity index (χ0) is 23.6. The number of ether oxygens (including phenoxy) is 3. The van der Waals surface area contributed by atoms with Crippen LogP contribution in [0.15, 0.2) is 29.2 Å². The molecule has 13 heteroatoms. The summed E-state index contributed by atoms with van der Waals surface area (Å²) in [5, 5.41) is 11.3. The molecule has 0 saturated carbocycles. The molecule has 0 fully saturated rings. The third-order valence-electron chi connectivity index (χ3n) is 4.03. The molecule has 0 saturated heterocycles. The zero-order valence-electron chi connectivity index (χ0n) is 16.8. The number of carbonyl (C=O) groups is 2. The Bertz CT molecular complexity index is 822. The summed E-state index contributed by atoms with van der Waals surface area (Å²) in [7, 11) is -2.01. The number of carbonyl (C=O) groups excluding carboxylic acids is 1. The second-order valence-corrected chi connectivity index (χ2v) is 9.51. The van der Waals surface area contributed by atoms with Crippen LogP contribution in [0.2, 0.25) is 0 Å². The van der Waals surface area contributed by atoms with E-state index in [0.29, 0.717) is 0 Å². The highest BCUT2D eigenvalue weighted by molar-refractivity contribution is 7.90. The van der Waals surface area contributed by atoms with Crippen LogP contribution in [0.5, 0.6) is 0 Å². The zero-order valence-corrected chi connectivity index (χ0v) is 19.1. The maximum atomic E-state index is 14.7. The predicted octanol–water partition coefficient (Wildman–Crippen LogP) is 2.85. The first-order chi connectivity index (χ1) is 14.5. The molecular weight excluding hydrogens is 480 g/mol. The number of carboxylic acid groups (broad SMARTS) is 1. The number of alkyl halides is 3. The number of benzene rings is 1. The summed E-state index contributed by atoms with van der Waals surface area (Å²) in [6, 6.07) is 5.21. The Kier molecular flexibility index (Phi) is 11.5. The lowest BCUT2D eigenvalue weighted by Crippen LogP contribution is -2.49. The molecule has 1 aromatic rings. The van der Waals surface area contributed by atoms with Crippen LogP contribution >= 0.6 is 23.2 Å². The first-order valence-corrected chi connectivity index (χ1v) is 11.7. The van der Waals surface area contributed by atoms with E-state index in [1.807, 2.05) is 0 Å². The van der Waals surface area contributed by atoms with Gasteiger partial charge in [-0.25, -0.2) is 17.6 Å². The maximum absolute atomic E-state index is 14.7. The molecule has 1 rings (SSSR count). The van der Waals surface area contributed by atoms with E-state index >= 15 is 0 Å². The molecule has 0 aliphatic carbocycles. The van der Waals surface area contributed by atoms with Gasteiger partial charge in [0, 0.05) is 13.4 Å². The molecule has 1 aromatic carbocycles. The second-order valence-electron chi connectivity index (χ2n) is 6.40. The molecule has 1 unspecified atom stereocenters. The molecule has 0 radical (unpaired) electrons. The van der Waals surface area contributed by atoms with E-state index in [2.05, 4.69) is 5.32 Å². The van der Waals surface area contributed by atoms with Crippen molar-refractivity contribution in [3.05, 3.63) is 29.8 Å². The summed E-state index contributed by atoms with van der Waals surface area (Å²) < 4.78 is 52.7. The Morgan fingerprint density at radius 1 is 1.16 bits per heavy atom. The van der Waals surface area contributed by atoms with Crippen molar-refractivity contribution in [3.63, 3.8) is 0 Å². The van der Waals surface area contributed by atoms with Crippen molar-refractivity contribution in [2.75, 3.05) is 26.6 Å². The van der Waals surface area contributed by atoms with Crippen molar-refractivity contribution in [1.82, 2.24) is 5.32 Å². The molecule has 0 aliphatic rings. The molecule has 0 spiro atoms. The lowest BCUT2D eigenvalue weighted by atomic mass is 10.0. The largest absolute Gasteiger partial charge is 0.506 e. The van der Waals surface area contributed by atoms with Gasteiger partial charge in [0.25, 0.3) is 5.91 Å². The summed E-state index contributed by atoms with van der Waals surface area (Å²) in [4.78, 5) is 21.5. The highest BCUT2D eigenvalue weighted by Crippen LogP contribution is 2.26. The first kappa shape index (κ1) is 27.4. The van der Waals surface area contributed by atoms with Crippen molar-refractivity contribution in [2.24, 2.45) is 0 Å². The van der Waals surface area contributed by atoms with Crippen LogP contribution in [0.1, 0.15) is 24.6 Å². The number of hydrogen-bond acceptors (Lipinski definition) is 7. The quantitative estimate of drug-likeness (QED) is 0.182. The van der Waals surface area contributed by atoms with Crippen LogP contribution in [0.25, 0.3) is 0 Å². The van der Waals surface area contributed by atoms with Crippen LogP contribution in [-0.2, 0) is 28.8 Å². The van der Waals surface area contributed by atoms with Crippen molar-refractivity contribution in [2.45, 2.75) is 41.1 Å². The van der Waals surface area contributed by atoms with E-state index in [-0.39, 0.29) is 36.5 Å². The van der Waals surface area contributed by atoms with Crippen molar-refractivity contribution in [3.8, 4) is 0 Å². The Morgan fingerprint density at radius 3 is 2.26 bits per heavy atom. The number of halogens is 3. The highest BCUT2D eigenvalue weighted by Gasteiger charge is 2.30. The summed E-state index contributed by atoms with van der Waals surface area (Å²) in [6.07, 6.45) is -5.13. The minimum atomic E-state index is -3.42. The summed E-state index contributed by atoms with van der Waals surface area (Å²) in [5.74, 6) is -0.849. The average Bonchev–Trinajstić information content (AvgIpc) is 2.69. The Labute approximate surface area is 189 Å². The van der Waals surface area contributed by atoms with Gasteiger partial charge in [-0.1, -0.05) is 35.3 Å². The third-order valence-corrected chi connectivity index (χ3v) is 5.56. The molecule has 0 bridgehead atoms. The number of amides is 1. The van der Waals surface area contributed by atoms with Crippen LogP contribution in [0.4, 0.5) is 9.18 Å². The summed E-state index contributed by atoms with van der Waals surface area (Å²) >= 11 is 11.0. The highest BCUT2D eigenvalue weighted by atomic mass is 35.5. The smallest absolute Gasteiger partial charge is 0.450 e. The van der Waals surface area contributed by atoms with E-state index in [1.165, 1.54) is 31.4 Å². The van der Waals surface area contributed by atoms with E-state index in [1.54, 1.807) is 0 Å². The topological polar surface area (TPSA) is 128 Å². The molecule has 0 aliphatic heterocycles. The number of methoxy groups -OCH3 is 1. The van der Waals surface area contributed by atoms with E-state index in [9.17, 15) is 22.4 Å². The number of hydrogen-bond donors (Lipinski definition) is 2. The molecule has 0 aromatic heterocycles. The Morgan fingerprint density at radius 2 is 1.77 bits per heavy atom. The van der Waals surface area contributed by atoms with Crippen molar-refractivity contribution < 1.29 is 41.7 Å². The maximum Gasteiger partial charge on any atom is 0.506 e. The van der Waals surface area contributed by atoms with E-state index < -0.39 is 45.2 Å². The third kappa shape index (κ3) is 10.0. The van der Waals surface area contributed by atoms with Gasteiger partial charge in [0.2, 0.25) is 0 Å². The monoisotopic (exact) mass is 503 g/mol. The fraction of sp³-hybridized carbons (Fsp3) is 0.556. The molecule has 1 amide bonds. The average molecular weight is 504 g/mol. The predicted molar refractivity (Wildman–Crippen MR) is 111 cm³/mol. The molecule has 2 N–H and O–H groups in total. The fourth-order valence-electron chi connectivity index (χ4n) is 2.51. The van der Waals surface area contributed by atoms with Gasteiger partial charge in [-0.05, 0) is 30.5 Å². The SMILES string of the molecule is COCCO[C@H](NC(=O)C(Cl)Cl)[C@@H](CCC(F)c1ccc(S(C)(=O)=O)cc1)OC(=O)O. The molecule has 0 heterocycles. The van der Waals surface area contributed by atoms with Gasteiger partial charge in [0.05, 0.1) is 18.1 Å². The lowest BCUT2D eigenvalue weighted by molar-refractivity contribution is -0.131. The second kappa shape index (κ2) is 13.0. The molecule has 176 valence electrons. The number of rotatable bonds is 13. The number of sulfone groups is 1. The van der Waals surface area contributed by atoms with Crippen LogP contribution in [0, 0.1) is 0 Å². The number of nitrogens with one attached hydrogen (secondary N) is 1. The van der Waals surface area contributed by atoms with Gasteiger partial charge in [-0.2, -0.15) is 0 Å². The minimum Gasteiger partial charge on any atom is -0.450 e. The van der Waals surface area contributed by atoms with Gasteiger partial charge >= 0.3 is 6.16 Å². The van der Waals surface area contributed by atoms with Crippen molar-refractivity contribution in [1.29, 1.82) is 0 Å². The molecular formula is C18H24Cl2FNO8S. The summed E-state index contributed by atoms with van der Waals surface area (Å²) in [5.41, 5.74) is 0.198. The van der Waals surface area contributed by atoms with Gasteiger partial charge in [-0.3, -0.25) is 4.79 Å². The molecule has 9 nitrogen and oxygen atoms in total. The van der Waals surface area contributed by atoms with Gasteiger partial charge in [0.1, 0.15) is 6.17 Å². The van der Waals surface area contributed by atoms with Gasteiger partial charge in [-0.15, -0.1) is 0 Å². The fourth-order valence-corrected chi connectivity index (χ4v) is 3.26. The first-order valence-electron chi connectivity index (χ1n) is 8.98. The van der Waals surface area contributed by atoms with Gasteiger partial charge < -0.3 is 24.6 Å². The van der Waals surface area contributed by atoms with E-state index in [4.69, 9.17) is 42.5 Å². The van der Waals surface area contributed by atoms with Crippen LogP contribution in [0.3, 0.4) is 0 Å². The van der Waals surface area contributed by atoms with Crippen molar-refractivity contribution >= 4 is 45.1 Å². The van der Waals surface area contributed by atoms with Gasteiger partial charge in [0.15, 0.2) is 27.0 Å². The standard InChI is InChI=1S/C18H24Cl2FNO8S/c1-28-9-10-29-17(22-16(23)15(19)20)14(30-18(24)25)8-7-13(21)11-3-5-12(6-4-11)31(2,26)27/h3-6,13-15,17H,7-10H2,1-2H3,(H,22,23)(H,24,25)/t13?,14-,17+/m1/s1. The molecule has 3 atom stereocenters. The Balaban J connectivity index is 2.91. The Hall–Kier alpha value is -1.66. The van der Waals surface area contributed by atoms with Crippen LogP contribution in [-0.4, -0.2) is 69.3 Å².